The largest absolute Gasteiger partial charge is 0.489 e. The van der Waals surface area contributed by atoms with Crippen molar-refractivity contribution in [3.8, 4) is 34.5 Å². The van der Waals surface area contributed by atoms with Crippen molar-refractivity contribution >= 4 is 66.3 Å². The number of carboxylic acids is 1. The second-order valence-electron chi connectivity index (χ2n) is 15.1. The molecule has 0 saturated heterocycles. The highest BCUT2D eigenvalue weighted by molar-refractivity contribution is 7.78. The number of carbonyl (C=O) groups excluding carboxylic acids is 4. The van der Waals surface area contributed by atoms with Gasteiger partial charge in [0.05, 0.1) is 48.6 Å². The molecule has 26 nitrogen and oxygen atoms in total. The van der Waals surface area contributed by atoms with E-state index in [4.69, 9.17) is 33.5 Å². The molecule has 0 radical (unpaired) electrons. The van der Waals surface area contributed by atoms with Gasteiger partial charge in [-0.15, -0.1) is 0 Å². The molecule has 0 aromatic heterocycles. The molecule has 0 bridgehead atoms. The number of rotatable bonds is 26. The van der Waals surface area contributed by atoms with E-state index >= 15 is 0 Å². The molecule has 0 aliphatic rings. The Hall–Kier alpha value is -10.0. The van der Waals surface area contributed by atoms with Gasteiger partial charge in [-0.2, -0.15) is 0 Å². The number of thiol groups is 1. The first kappa shape index (κ1) is 55.9. The van der Waals surface area contributed by atoms with Gasteiger partial charge < -0.3 is 38.6 Å². The average molecular weight is 1050 g/mol. The van der Waals surface area contributed by atoms with E-state index in [0.29, 0.717) is 46.9 Å². The molecule has 6 rings (SSSR count). The van der Waals surface area contributed by atoms with Crippen LogP contribution in [-0.2, 0) is 42.6 Å². The minimum atomic E-state index is -1.20. The molecule has 0 unspecified atom stereocenters. The van der Waals surface area contributed by atoms with Crippen LogP contribution in [0.25, 0.3) is 0 Å². The third-order valence-electron chi connectivity index (χ3n) is 9.92. The number of nitro benzene ring substituents is 4. The summed E-state index contributed by atoms with van der Waals surface area (Å²) in [5, 5.41) is 62.4. The van der Waals surface area contributed by atoms with Crippen LogP contribution in [0.5, 0.6) is 34.5 Å². The van der Waals surface area contributed by atoms with E-state index in [1.807, 2.05) is 0 Å². The van der Waals surface area contributed by atoms with Crippen LogP contribution in [0.4, 0.5) is 22.7 Å². The predicted molar refractivity (Wildman–Crippen MR) is 260 cm³/mol. The molecule has 388 valence electrons. The van der Waals surface area contributed by atoms with Crippen molar-refractivity contribution in [2.24, 2.45) is 0 Å². The molecule has 0 atom stereocenters. The minimum Gasteiger partial charge on any atom is -0.489 e. The predicted octanol–water partition coefficient (Wildman–Crippen LogP) is 7.06. The van der Waals surface area contributed by atoms with E-state index in [9.17, 15) is 69.5 Å². The molecule has 75 heavy (non-hydrogen) atoms. The van der Waals surface area contributed by atoms with Gasteiger partial charge in [0.25, 0.3) is 28.7 Å². The number of carbonyl (C=O) groups is 5. The molecule has 6 aromatic rings. The zero-order valence-corrected chi connectivity index (χ0v) is 39.4. The third-order valence-corrected chi connectivity index (χ3v) is 10.2. The molecular formula is C48H39N5O21S. The maximum Gasteiger partial charge on any atom is 0.341 e. The quantitative estimate of drug-likeness (QED) is 0.0183. The number of aldehydes is 3. The summed E-state index contributed by atoms with van der Waals surface area (Å²) in [6, 6.07) is 24.8. The molecule has 3 N–H and O–H groups in total. The van der Waals surface area contributed by atoms with Crippen LogP contribution >= 0.6 is 12.8 Å². The summed E-state index contributed by atoms with van der Waals surface area (Å²) in [7, 11) is 0. The summed E-state index contributed by atoms with van der Waals surface area (Å²) in [5.74, 6) is -0.301. The Balaban J connectivity index is 0.000000277. The number of aliphatic hydroxyl groups is 1. The molecule has 1 amide bonds. The lowest BCUT2D eigenvalue weighted by Crippen LogP contribution is -2.21. The number of amides is 1. The summed E-state index contributed by atoms with van der Waals surface area (Å²) < 4.78 is 35.6. The number of nitrogens with one attached hydrogen (secondary N) is 1. The lowest BCUT2D eigenvalue weighted by atomic mass is 10.1. The van der Waals surface area contributed by atoms with Crippen LogP contribution in [0.1, 0.15) is 58.9 Å². The summed E-state index contributed by atoms with van der Waals surface area (Å²) >= 11 is 3.68. The van der Waals surface area contributed by atoms with E-state index in [1.165, 1.54) is 72.8 Å². The molecule has 0 spiro atoms. The molecule has 0 aliphatic heterocycles. The second-order valence-corrected chi connectivity index (χ2v) is 15.3. The number of ether oxygens (including phenoxy) is 6. The third kappa shape index (κ3) is 16.5. The Morgan fingerprint density at radius 2 is 0.787 bits per heavy atom. The van der Waals surface area contributed by atoms with Crippen molar-refractivity contribution in [1.82, 2.24) is 4.72 Å². The van der Waals surface area contributed by atoms with Crippen LogP contribution in [0.15, 0.2) is 109 Å². The van der Waals surface area contributed by atoms with Gasteiger partial charge in [0.15, 0.2) is 32.1 Å². The molecule has 27 heteroatoms. The average Bonchev–Trinajstić information content (AvgIpc) is 3.41. The first-order valence-corrected chi connectivity index (χ1v) is 21.6. The topological polar surface area (TPSA) is 366 Å². The molecule has 0 heterocycles. The fourth-order valence-electron chi connectivity index (χ4n) is 6.56. The fourth-order valence-corrected chi connectivity index (χ4v) is 6.62. The number of hydrogen-bond acceptors (Lipinski definition) is 21. The van der Waals surface area contributed by atoms with E-state index in [0.717, 1.165) is 12.1 Å². The van der Waals surface area contributed by atoms with Gasteiger partial charge in [0, 0.05) is 24.3 Å². The number of aliphatic hydroxyl groups excluding tert-OH is 1. The second kappa shape index (κ2) is 27.0. The minimum absolute atomic E-state index is 0.00152. The lowest BCUT2D eigenvalue weighted by molar-refractivity contribution is -0.385. The van der Waals surface area contributed by atoms with Crippen LogP contribution in [0, 0.1) is 40.5 Å². The highest BCUT2D eigenvalue weighted by Gasteiger charge is 2.19. The number of benzene rings is 6. The van der Waals surface area contributed by atoms with Gasteiger partial charge in [-0.05, 0) is 107 Å². The highest BCUT2D eigenvalue weighted by Crippen LogP contribution is 2.30. The Labute approximate surface area is 427 Å². The Kier molecular flexibility index (Phi) is 20.1. The monoisotopic (exact) mass is 1050 g/mol. The van der Waals surface area contributed by atoms with Crippen LogP contribution in [0.3, 0.4) is 0 Å². The van der Waals surface area contributed by atoms with Gasteiger partial charge >= 0.3 is 5.97 Å². The van der Waals surface area contributed by atoms with Crippen molar-refractivity contribution in [2.75, 3.05) is 13.2 Å². The van der Waals surface area contributed by atoms with E-state index in [1.54, 1.807) is 24.3 Å². The molecule has 0 aliphatic carbocycles. The summed E-state index contributed by atoms with van der Waals surface area (Å²) in [5.41, 5.74) is 0.532. The molecule has 0 saturated carbocycles. The number of nitro groups is 4. The molecule has 6 aromatic carbocycles. The smallest absolute Gasteiger partial charge is 0.341 e. The van der Waals surface area contributed by atoms with E-state index < -0.39 is 44.8 Å². The number of nitrogens with zero attached hydrogens (tertiary/aromatic N) is 4. The van der Waals surface area contributed by atoms with Crippen molar-refractivity contribution in [1.29, 1.82) is 0 Å². The highest BCUT2D eigenvalue weighted by atomic mass is 32.1. The lowest BCUT2D eigenvalue weighted by Gasteiger charge is -2.13. The maximum atomic E-state index is 11.5. The van der Waals surface area contributed by atoms with Crippen LogP contribution < -0.4 is 33.1 Å². The SMILES string of the molecule is O=Cc1cc(OCc2cc(COc3ccc([N+](=O)[O-])c(C=O)c3)cc(OCC(=O)O)c2)ccc1[N+](=O)[O-].O=Cc1cc(OCc2cc(COc3ccc([N+](=O)[O-])c(CO)c3)cc(OCC(=O)NS)c2)ccc1[N+](=O)[O-]. The molecule has 0 fully saturated rings. The van der Waals surface area contributed by atoms with E-state index in [2.05, 4.69) is 17.5 Å². The number of aliphatic carboxylic acids is 1. The normalized spacial score (nSPS) is 10.3. The first-order chi connectivity index (χ1) is 35.9. The summed E-state index contributed by atoms with van der Waals surface area (Å²) in [6.07, 6.45) is 1.05. The van der Waals surface area contributed by atoms with Crippen molar-refractivity contribution in [3.05, 3.63) is 194 Å². The zero-order valence-electron chi connectivity index (χ0n) is 38.5. The van der Waals surface area contributed by atoms with Crippen molar-refractivity contribution in [2.45, 2.75) is 33.0 Å². The number of hydrogen-bond donors (Lipinski definition) is 4. The Morgan fingerprint density at radius 1 is 0.467 bits per heavy atom. The van der Waals surface area contributed by atoms with Gasteiger partial charge in [0.1, 0.15) is 60.9 Å². The summed E-state index contributed by atoms with van der Waals surface area (Å²) in [4.78, 5) is 97.4. The zero-order chi connectivity index (χ0) is 54.6. The fraction of sp³-hybridized carbons (Fsp3) is 0.146. The van der Waals surface area contributed by atoms with Crippen LogP contribution in [0.2, 0.25) is 0 Å². The summed E-state index contributed by atoms with van der Waals surface area (Å²) in [6.45, 7) is -1.63. The van der Waals surface area contributed by atoms with Gasteiger partial charge in [-0.3, -0.25) is 64.4 Å². The molecular weight excluding hydrogens is 1010 g/mol. The van der Waals surface area contributed by atoms with Gasteiger partial charge in [-0.25, -0.2) is 4.79 Å². The van der Waals surface area contributed by atoms with Crippen molar-refractivity contribution < 1.29 is 82.3 Å². The Morgan fingerprint density at radius 3 is 1.08 bits per heavy atom. The van der Waals surface area contributed by atoms with Crippen LogP contribution in [-0.4, -0.2) is 73.9 Å². The van der Waals surface area contributed by atoms with Crippen molar-refractivity contribution in [3.63, 3.8) is 0 Å². The van der Waals surface area contributed by atoms with Gasteiger partial charge in [-0.1, -0.05) is 12.8 Å². The van der Waals surface area contributed by atoms with Gasteiger partial charge in [0.2, 0.25) is 0 Å². The number of carboxylic acid groups (broad SMARTS) is 1. The maximum absolute atomic E-state index is 11.5. The van der Waals surface area contributed by atoms with E-state index in [-0.39, 0.29) is 107 Å². The first-order valence-electron chi connectivity index (χ1n) is 21.2. The standard InChI is InChI=1S/C24H21N3O10S.C24H18N2O11/c28-10-17-8-19(1-3-22(17)26(31)32)35-12-15-5-16(7-21(6-15)37-14-24(30)25-38)13-36-20-2-4-23(27(33)34)18(9-20)11-29;27-10-17-8-19(1-3-22(17)25(31)32)35-12-15-5-16(7-21(6-15)37-14-24(29)30)13-36-20-2-4-23(26(33)34)18(9-20)11-28/h1-10,29,38H,11-14H2,(H,25,30);1-11H,12-14H2,(H,29,30). The Bertz CT molecular complexity index is 3060.